The summed E-state index contributed by atoms with van der Waals surface area (Å²) in [6.07, 6.45) is 1.47. The van der Waals surface area contributed by atoms with E-state index in [1.165, 1.54) is 29.9 Å². The fraction of sp³-hybridized carbons (Fsp3) is 0.400. The van der Waals surface area contributed by atoms with Crippen LogP contribution in [0.15, 0.2) is 23.1 Å². The quantitative estimate of drug-likeness (QED) is 0.694. The van der Waals surface area contributed by atoms with Crippen molar-refractivity contribution in [2.75, 3.05) is 19.3 Å². The van der Waals surface area contributed by atoms with Gasteiger partial charge in [-0.15, -0.1) is 0 Å². The Morgan fingerprint density at radius 2 is 2.11 bits per heavy atom. The Bertz CT molecular complexity index is 591. The highest BCUT2D eigenvalue weighted by atomic mass is 32.2. The standard InChI is InChI=1S/C10H15N3O4S/c1-11-18(16,17)6-4-12-10(15)8-3-5-13(2)9(14)7-8/h3,5,7,11H,4,6H2,1-2H3,(H,12,15). The lowest BCUT2D eigenvalue weighted by Crippen LogP contribution is -2.33. The first kappa shape index (κ1) is 14.4. The van der Waals surface area contributed by atoms with Gasteiger partial charge in [0.05, 0.1) is 5.75 Å². The molecule has 0 aromatic carbocycles. The lowest BCUT2D eigenvalue weighted by molar-refractivity contribution is 0.0956. The van der Waals surface area contributed by atoms with E-state index in [0.717, 1.165) is 0 Å². The van der Waals surface area contributed by atoms with E-state index in [9.17, 15) is 18.0 Å². The van der Waals surface area contributed by atoms with Crippen LogP contribution in [0.5, 0.6) is 0 Å². The van der Waals surface area contributed by atoms with Crippen LogP contribution in [0.1, 0.15) is 10.4 Å². The van der Waals surface area contributed by atoms with E-state index in [4.69, 9.17) is 0 Å². The van der Waals surface area contributed by atoms with Gasteiger partial charge in [0.1, 0.15) is 0 Å². The van der Waals surface area contributed by atoms with E-state index >= 15 is 0 Å². The minimum Gasteiger partial charge on any atom is -0.351 e. The lowest BCUT2D eigenvalue weighted by atomic mass is 10.2. The van der Waals surface area contributed by atoms with E-state index in [1.807, 2.05) is 0 Å². The van der Waals surface area contributed by atoms with Crippen molar-refractivity contribution >= 4 is 15.9 Å². The van der Waals surface area contributed by atoms with Gasteiger partial charge in [0, 0.05) is 31.4 Å². The summed E-state index contributed by atoms with van der Waals surface area (Å²) in [6, 6.07) is 2.69. The molecule has 0 atom stereocenters. The van der Waals surface area contributed by atoms with Crippen LogP contribution >= 0.6 is 0 Å². The zero-order valence-electron chi connectivity index (χ0n) is 10.1. The minimum absolute atomic E-state index is 0.0167. The first-order chi connectivity index (χ1) is 8.35. The molecule has 0 saturated heterocycles. The molecular formula is C10H15N3O4S. The molecular weight excluding hydrogens is 258 g/mol. The Kier molecular flexibility index (Phi) is 4.62. The molecule has 7 nitrogen and oxygen atoms in total. The second kappa shape index (κ2) is 5.78. The normalized spacial score (nSPS) is 11.2. The van der Waals surface area contributed by atoms with Gasteiger partial charge >= 0.3 is 0 Å². The zero-order chi connectivity index (χ0) is 13.8. The predicted molar refractivity (Wildman–Crippen MR) is 66.9 cm³/mol. The van der Waals surface area contributed by atoms with Gasteiger partial charge in [0.15, 0.2) is 0 Å². The first-order valence-electron chi connectivity index (χ1n) is 5.22. The van der Waals surface area contributed by atoms with Gasteiger partial charge in [-0.3, -0.25) is 9.59 Å². The molecule has 18 heavy (non-hydrogen) atoms. The topological polar surface area (TPSA) is 97.3 Å². The molecule has 0 bridgehead atoms. The van der Waals surface area contributed by atoms with Gasteiger partial charge in [0.2, 0.25) is 10.0 Å². The van der Waals surface area contributed by atoms with Gasteiger partial charge in [-0.05, 0) is 13.1 Å². The number of sulfonamides is 1. The van der Waals surface area contributed by atoms with E-state index in [1.54, 1.807) is 7.05 Å². The van der Waals surface area contributed by atoms with Crippen molar-refractivity contribution in [2.45, 2.75) is 0 Å². The van der Waals surface area contributed by atoms with Crippen molar-refractivity contribution in [2.24, 2.45) is 7.05 Å². The van der Waals surface area contributed by atoms with Crippen LogP contribution in [0.2, 0.25) is 0 Å². The van der Waals surface area contributed by atoms with Crippen molar-refractivity contribution in [3.63, 3.8) is 0 Å². The average Bonchev–Trinajstić information content (AvgIpc) is 2.32. The number of nitrogens with zero attached hydrogens (tertiary/aromatic N) is 1. The zero-order valence-corrected chi connectivity index (χ0v) is 11.0. The van der Waals surface area contributed by atoms with E-state index in [0.29, 0.717) is 0 Å². The number of aryl methyl sites for hydroxylation is 1. The van der Waals surface area contributed by atoms with E-state index < -0.39 is 15.9 Å². The summed E-state index contributed by atoms with van der Waals surface area (Å²) in [4.78, 5) is 22.9. The molecule has 0 fully saturated rings. The van der Waals surface area contributed by atoms with Crippen molar-refractivity contribution in [3.8, 4) is 0 Å². The van der Waals surface area contributed by atoms with Gasteiger partial charge in [-0.2, -0.15) is 0 Å². The molecule has 2 N–H and O–H groups in total. The summed E-state index contributed by atoms with van der Waals surface area (Å²) in [7, 11) is -0.466. The smallest absolute Gasteiger partial charge is 0.251 e. The van der Waals surface area contributed by atoms with Crippen molar-refractivity contribution in [3.05, 3.63) is 34.2 Å². The molecule has 0 aliphatic heterocycles. The Morgan fingerprint density at radius 3 is 2.67 bits per heavy atom. The van der Waals surface area contributed by atoms with Crippen molar-refractivity contribution in [1.82, 2.24) is 14.6 Å². The molecule has 1 aromatic heterocycles. The van der Waals surface area contributed by atoms with Crippen LogP contribution in [0, 0.1) is 0 Å². The number of aromatic nitrogens is 1. The van der Waals surface area contributed by atoms with Gasteiger partial charge in [-0.1, -0.05) is 0 Å². The highest BCUT2D eigenvalue weighted by Gasteiger charge is 2.09. The molecule has 0 aliphatic rings. The SMILES string of the molecule is CNS(=O)(=O)CCNC(=O)c1ccn(C)c(=O)c1. The van der Waals surface area contributed by atoms with E-state index in [-0.39, 0.29) is 23.4 Å². The summed E-state index contributed by atoms with van der Waals surface area (Å²) >= 11 is 0. The highest BCUT2D eigenvalue weighted by molar-refractivity contribution is 7.89. The van der Waals surface area contributed by atoms with Crippen molar-refractivity contribution in [1.29, 1.82) is 0 Å². The molecule has 8 heteroatoms. The third-order valence-corrected chi connectivity index (χ3v) is 3.70. The fourth-order valence-corrected chi connectivity index (χ4v) is 1.77. The second-order valence-corrected chi connectivity index (χ2v) is 5.69. The molecule has 1 aromatic rings. The number of amides is 1. The average molecular weight is 273 g/mol. The van der Waals surface area contributed by atoms with Crippen LogP contribution in [0.25, 0.3) is 0 Å². The Hall–Kier alpha value is -1.67. The summed E-state index contributed by atoms with van der Waals surface area (Å²) < 4.78 is 25.7. The Balaban J connectivity index is 2.61. The third-order valence-electron chi connectivity index (χ3n) is 2.33. The number of pyridine rings is 1. The highest BCUT2D eigenvalue weighted by Crippen LogP contribution is 1.93. The maximum atomic E-state index is 11.6. The van der Waals surface area contributed by atoms with Gasteiger partial charge < -0.3 is 9.88 Å². The third kappa shape index (κ3) is 3.97. The lowest BCUT2D eigenvalue weighted by Gasteiger charge is -2.06. The second-order valence-electron chi connectivity index (χ2n) is 3.64. The van der Waals surface area contributed by atoms with Gasteiger partial charge in [0.25, 0.3) is 11.5 Å². The van der Waals surface area contributed by atoms with Crippen LogP contribution < -0.4 is 15.6 Å². The van der Waals surface area contributed by atoms with Crippen molar-refractivity contribution < 1.29 is 13.2 Å². The Morgan fingerprint density at radius 1 is 1.44 bits per heavy atom. The molecule has 1 heterocycles. The fourth-order valence-electron chi connectivity index (χ4n) is 1.19. The monoisotopic (exact) mass is 273 g/mol. The van der Waals surface area contributed by atoms with Crippen LogP contribution in [0.3, 0.4) is 0 Å². The van der Waals surface area contributed by atoms with Crippen LogP contribution in [0.4, 0.5) is 0 Å². The molecule has 0 radical (unpaired) electrons. The molecule has 0 aliphatic carbocycles. The van der Waals surface area contributed by atoms with Crippen LogP contribution in [-0.4, -0.2) is 38.2 Å². The summed E-state index contributed by atoms with van der Waals surface area (Å²) in [5.41, 5.74) is -0.0922. The molecule has 0 spiro atoms. The number of rotatable bonds is 5. The molecule has 1 amide bonds. The predicted octanol–water partition coefficient (Wildman–Crippen LogP) is -1.34. The molecule has 0 unspecified atom stereocenters. The number of carbonyl (C=O) groups is 1. The maximum Gasteiger partial charge on any atom is 0.251 e. The number of nitrogens with one attached hydrogen (secondary N) is 2. The minimum atomic E-state index is -3.34. The number of hydrogen-bond donors (Lipinski definition) is 2. The largest absolute Gasteiger partial charge is 0.351 e. The molecule has 0 saturated carbocycles. The summed E-state index contributed by atoms with van der Waals surface area (Å²) in [5.74, 6) is -0.681. The first-order valence-corrected chi connectivity index (χ1v) is 6.87. The Labute approximate surface area is 105 Å². The van der Waals surface area contributed by atoms with E-state index in [2.05, 4.69) is 10.0 Å². The van der Waals surface area contributed by atoms with Crippen LogP contribution in [-0.2, 0) is 17.1 Å². The summed E-state index contributed by atoms with van der Waals surface area (Å²) in [6.45, 7) is -0.0167. The molecule has 1 rings (SSSR count). The maximum absolute atomic E-state index is 11.6. The molecule has 100 valence electrons. The summed E-state index contributed by atoms with van der Waals surface area (Å²) in [5, 5.41) is 2.43. The number of hydrogen-bond acceptors (Lipinski definition) is 4. The van der Waals surface area contributed by atoms with Gasteiger partial charge in [-0.25, -0.2) is 13.1 Å². The number of carbonyl (C=O) groups excluding carboxylic acids is 1.